The van der Waals surface area contributed by atoms with Crippen LogP contribution < -0.4 is 5.32 Å². The zero-order valence-electron chi connectivity index (χ0n) is 14.1. The molecular weight excluding hydrogens is 318 g/mol. The van der Waals surface area contributed by atoms with E-state index in [0.29, 0.717) is 13.1 Å². The molecule has 0 spiro atoms. The molecule has 1 aliphatic rings. The van der Waals surface area contributed by atoms with Gasteiger partial charge in [0.15, 0.2) is 0 Å². The number of rotatable bonds is 6. The van der Waals surface area contributed by atoms with E-state index in [4.69, 9.17) is 0 Å². The normalized spacial score (nSPS) is 15.7. The van der Waals surface area contributed by atoms with Crippen LogP contribution in [0.5, 0.6) is 0 Å². The van der Waals surface area contributed by atoms with E-state index in [0.717, 1.165) is 17.5 Å². The Labute approximate surface area is 146 Å². The third kappa shape index (κ3) is 4.12. The van der Waals surface area contributed by atoms with E-state index in [2.05, 4.69) is 15.4 Å². The van der Waals surface area contributed by atoms with E-state index in [-0.39, 0.29) is 24.3 Å². The molecule has 3 rings (SSSR count). The second-order valence-electron chi connectivity index (χ2n) is 5.95. The number of nitrogens with one attached hydrogen (secondary N) is 1. The van der Waals surface area contributed by atoms with Crippen molar-refractivity contribution < 1.29 is 9.59 Å². The van der Waals surface area contributed by atoms with Gasteiger partial charge in [-0.1, -0.05) is 24.3 Å². The Kier molecular flexibility index (Phi) is 5.23. The second-order valence-corrected chi connectivity index (χ2v) is 5.95. The van der Waals surface area contributed by atoms with Crippen molar-refractivity contribution in [3.8, 4) is 0 Å². The average Bonchev–Trinajstić information content (AvgIpc) is 3.12. The average molecular weight is 339 g/mol. The first-order valence-corrected chi connectivity index (χ1v) is 8.30. The second kappa shape index (κ2) is 7.74. The van der Waals surface area contributed by atoms with Crippen molar-refractivity contribution in [3.63, 3.8) is 0 Å². The lowest BCUT2D eigenvalue weighted by atomic mass is 9.93. The van der Waals surface area contributed by atoms with Crippen LogP contribution in [0.15, 0.2) is 43.1 Å². The minimum absolute atomic E-state index is 0.0695. The number of aryl methyl sites for hydroxylation is 1. The fraction of sp³-hybridized carbons (Fsp3) is 0.333. The molecule has 2 amide bonds. The fourth-order valence-electron chi connectivity index (χ4n) is 2.98. The van der Waals surface area contributed by atoms with Crippen molar-refractivity contribution in [1.82, 2.24) is 25.0 Å². The first-order chi connectivity index (χ1) is 12.1. The first kappa shape index (κ1) is 16.9. The van der Waals surface area contributed by atoms with Gasteiger partial charge in [-0.2, -0.15) is 5.10 Å². The molecule has 1 aromatic heterocycles. The largest absolute Gasteiger partial charge is 0.356 e. The highest BCUT2D eigenvalue weighted by Gasteiger charge is 2.27. The van der Waals surface area contributed by atoms with Gasteiger partial charge in [-0.3, -0.25) is 14.3 Å². The molecular formula is C18H21N5O2. The Morgan fingerprint density at radius 1 is 1.28 bits per heavy atom. The van der Waals surface area contributed by atoms with E-state index >= 15 is 0 Å². The molecule has 7 nitrogen and oxygen atoms in total. The molecule has 2 aromatic rings. The maximum absolute atomic E-state index is 12.3. The summed E-state index contributed by atoms with van der Waals surface area (Å²) in [5.41, 5.74) is 2.04. The number of carbonyl (C=O) groups excluding carboxylic acids is 2. The molecule has 1 N–H and O–H groups in total. The SMILES string of the molecule is CC(=O)N1C=Cc2ccccc2C1CC(=O)NCCCn1cncn1. The highest BCUT2D eigenvalue weighted by Crippen LogP contribution is 2.32. The van der Waals surface area contributed by atoms with Crippen molar-refractivity contribution in [1.29, 1.82) is 0 Å². The fourth-order valence-corrected chi connectivity index (χ4v) is 2.98. The van der Waals surface area contributed by atoms with E-state index in [9.17, 15) is 9.59 Å². The number of hydrogen-bond donors (Lipinski definition) is 1. The summed E-state index contributed by atoms with van der Waals surface area (Å²) in [5, 5.41) is 6.94. The summed E-state index contributed by atoms with van der Waals surface area (Å²) in [6.07, 6.45) is 7.81. The lowest BCUT2D eigenvalue weighted by molar-refractivity contribution is -0.129. The van der Waals surface area contributed by atoms with Gasteiger partial charge in [0.25, 0.3) is 0 Å². The van der Waals surface area contributed by atoms with Gasteiger partial charge in [-0.15, -0.1) is 0 Å². The maximum Gasteiger partial charge on any atom is 0.223 e. The maximum atomic E-state index is 12.3. The minimum atomic E-state index is -0.269. The van der Waals surface area contributed by atoms with Crippen LogP contribution in [-0.2, 0) is 16.1 Å². The lowest BCUT2D eigenvalue weighted by Crippen LogP contribution is -2.35. The lowest BCUT2D eigenvalue weighted by Gasteiger charge is -2.32. The zero-order valence-corrected chi connectivity index (χ0v) is 14.1. The van der Waals surface area contributed by atoms with Crippen LogP contribution in [0.2, 0.25) is 0 Å². The Morgan fingerprint density at radius 3 is 2.88 bits per heavy atom. The molecule has 7 heteroatoms. The van der Waals surface area contributed by atoms with Gasteiger partial charge in [-0.05, 0) is 23.6 Å². The van der Waals surface area contributed by atoms with Crippen LogP contribution >= 0.6 is 0 Å². The summed E-state index contributed by atoms with van der Waals surface area (Å²) in [4.78, 5) is 29.8. The number of benzene rings is 1. The molecule has 0 radical (unpaired) electrons. The Balaban J connectivity index is 1.58. The molecule has 0 aliphatic carbocycles. The summed E-state index contributed by atoms with van der Waals surface area (Å²) in [6, 6.07) is 7.57. The molecule has 0 saturated heterocycles. The number of hydrogen-bond acceptors (Lipinski definition) is 4. The number of nitrogens with zero attached hydrogens (tertiary/aromatic N) is 4. The smallest absolute Gasteiger partial charge is 0.223 e. The molecule has 0 fully saturated rings. The summed E-state index contributed by atoms with van der Waals surface area (Å²) >= 11 is 0. The van der Waals surface area contributed by atoms with E-state index < -0.39 is 0 Å². The molecule has 1 aromatic carbocycles. The molecule has 1 atom stereocenters. The van der Waals surface area contributed by atoms with Crippen LogP contribution in [0.3, 0.4) is 0 Å². The van der Waals surface area contributed by atoms with Crippen LogP contribution in [0.4, 0.5) is 0 Å². The molecule has 130 valence electrons. The van der Waals surface area contributed by atoms with Crippen LogP contribution in [0, 0.1) is 0 Å². The number of carbonyl (C=O) groups is 2. The van der Waals surface area contributed by atoms with Gasteiger partial charge >= 0.3 is 0 Å². The van der Waals surface area contributed by atoms with Gasteiger partial charge in [0.2, 0.25) is 11.8 Å². The summed E-state index contributed by atoms with van der Waals surface area (Å²) in [6.45, 7) is 2.78. The Bertz CT molecular complexity index is 770. The molecule has 1 aliphatic heterocycles. The van der Waals surface area contributed by atoms with Gasteiger partial charge in [0.05, 0.1) is 12.5 Å². The van der Waals surface area contributed by atoms with Crippen LogP contribution in [-0.4, -0.2) is 38.0 Å². The van der Waals surface area contributed by atoms with E-state index in [1.165, 1.54) is 13.3 Å². The highest BCUT2D eigenvalue weighted by atomic mass is 16.2. The quantitative estimate of drug-likeness (QED) is 0.813. The number of aromatic nitrogens is 3. The van der Waals surface area contributed by atoms with Crippen molar-refractivity contribution in [3.05, 3.63) is 54.2 Å². The topological polar surface area (TPSA) is 80.1 Å². The highest BCUT2D eigenvalue weighted by molar-refractivity contribution is 5.81. The van der Waals surface area contributed by atoms with Gasteiger partial charge in [0, 0.05) is 26.2 Å². The van der Waals surface area contributed by atoms with Crippen molar-refractivity contribution in [2.24, 2.45) is 0 Å². The standard InChI is InChI=1S/C18H21N5O2/c1-14(24)23-10-7-15-5-2-3-6-16(15)17(23)11-18(25)20-8-4-9-22-13-19-12-21-22/h2-3,5-7,10,12-13,17H,4,8-9,11H2,1H3,(H,20,25). The van der Waals surface area contributed by atoms with Crippen LogP contribution in [0.1, 0.15) is 36.9 Å². The summed E-state index contributed by atoms with van der Waals surface area (Å²) in [5.74, 6) is -0.144. The Morgan fingerprint density at radius 2 is 2.12 bits per heavy atom. The predicted octanol–water partition coefficient (Wildman–Crippen LogP) is 1.75. The molecule has 1 unspecified atom stereocenters. The molecule has 25 heavy (non-hydrogen) atoms. The summed E-state index contributed by atoms with van der Waals surface area (Å²) in [7, 11) is 0. The monoisotopic (exact) mass is 339 g/mol. The minimum Gasteiger partial charge on any atom is -0.356 e. The van der Waals surface area contributed by atoms with Gasteiger partial charge in [0.1, 0.15) is 12.7 Å². The van der Waals surface area contributed by atoms with Crippen molar-refractivity contribution >= 4 is 17.9 Å². The number of amides is 2. The zero-order chi connectivity index (χ0) is 17.6. The summed E-state index contributed by atoms with van der Waals surface area (Å²) < 4.78 is 1.73. The van der Waals surface area contributed by atoms with Crippen LogP contribution in [0.25, 0.3) is 6.08 Å². The third-order valence-electron chi connectivity index (χ3n) is 4.20. The van der Waals surface area contributed by atoms with Crippen molar-refractivity contribution in [2.75, 3.05) is 6.54 Å². The first-order valence-electron chi connectivity index (χ1n) is 8.30. The third-order valence-corrected chi connectivity index (χ3v) is 4.20. The molecule has 0 saturated carbocycles. The van der Waals surface area contributed by atoms with E-state index in [1.807, 2.05) is 30.3 Å². The van der Waals surface area contributed by atoms with Gasteiger partial charge in [-0.25, -0.2) is 4.98 Å². The Hall–Kier alpha value is -2.96. The van der Waals surface area contributed by atoms with E-state index in [1.54, 1.807) is 22.1 Å². The van der Waals surface area contributed by atoms with Crippen molar-refractivity contribution in [2.45, 2.75) is 32.4 Å². The predicted molar refractivity (Wildman–Crippen MR) is 93.0 cm³/mol. The number of fused-ring (bicyclic) bond motifs is 1. The molecule has 2 heterocycles. The van der Waals surface area contributed by atoms with Gasteiger partial charge < -0.3 is 10.2 Å². The molecule has 0 bridgehead atoms.